The number of halogens is 2. The number of carbonyl (C=O) groups excluding carboxylic acids is 1. The van der Waals surface area contributed by atoms with Crippen LogP contribution in [0.2, 0.25) is 0 Å². The number of benzene rings is 1. The van der Waals surface area contributed by atoms with Gasteiger partial charge in [0.1, 0.15) is 5.82 Å². The van der Waals surface area contributed by atoms with E-state index in [1.165, 1.54) is 18.2 Å². The molecular formula is C16H19BrFN4O8PS. The molecule has 0 amide bonds. The van der Waals surface area contributed by atoms with Crippen molar-refractivity contribution in [2.24, 2.45) is 4.99 Å². The van der Waals surface area contributed by atoms with Crippen molar-refractivity contribution in [2.75, 3.05) is 18.7 Å². The van der Waals surface area contributed by atoms with E-state index < -0.39 is 32.5 Å². The highest BCUT2D eigenvalue weighted by atomic mass is 79.9. The molecule has 1 aromatic heterocycles. The zero-order valence-electron chi connectivity index (χ0n) is 16.7. The first-order valence-corrected chi connectivity index (χ1v) is 12.3. The first-order valence-electron chi connectivity index (χ1n) is 8.80. The van der Waals surface area contributed by atoms with Gasteiger partial charge in [0.15, 0.2) is 16.6 Å². The van der Waals surface area contributed by atoms with Crippen molar-refractivity contribution in [1.82, 2.24) is 15.8 Å². The lowest BCUT2D eigenvalue weighted by molar-refractivity contribution is -0.0107. The van der Waals surface area contributed by atoms with Gasteiger partial charge >= 0.3 is 13.8 Å². The van der Waals surface area contributed by atoms with Gasteiger partial charge in [0, 0.05) is 5.75 Å². The van der Waals surface area contributed by atoms with Crippen LogP contribution in [0.4, 0.5) is 14.9 Å². The summed E-state index contributed by atoms with van der Waals surface area (Å²) in [6, 6.07) is 3.93. The number of aromatic nitrogens is 2. The van der Waals surface area contributed by atoms with Gasteiger partial charge in [-0.25, -0.2) is 18.8 Å². The second kappa shape index (κ2) is 12.3. The summed E-state index contributed by atoms with van der Waals surface area (Å²) in [5, 5.41) is 16.9. The Labute approximate surface area is 194 Å². The van der Waals surface area contributed by atoms with Gasteiger partial charge in [-0.1, -0.05) is 11.8 Å². The molecule has 0 saturated heterocycles. The Morgan fingerprint density at radius 3 is 2.84 bits per heavy atom. The van der Waals surface area contributed by atoms with Gasteiger partial charge in [-0.15, -0.1) is 0 Å². The highest BCUT2D eigenvalue weighted by Crippen LogP contribution is 2.42. The lowest BCUT2D eigenvalue weighted by Crippen LogP contribution is -2.21. The molecule has 0 aliphatic rings. The number of hydrogen-bond donors (Lipinski definition) is 3. The zero-order valence-corrected chi connectivity index (χ0v) is 20.0. The molecule has 0 aliphatic heterocycles. The minimum absolute atomic E-state index is 0.0198. The van der Waals surface area contributed by atoms with Crippen LogP contribution in [-0.4, -0.2) is 57.2 Å². The molecular weight excluding hydrogens is 538 g/mol. The molecule has 3 N–H and O–H groups in total. The summed E-state index contributed by atoms with van der Waals surface area (Å²) in [5.74, 6) is -0.598. The summed E-state index contributed by atoms with van der Waals surface area (Å²) in [4.78, 5) is 25.2. The van der Waals surface area contributed by atoms with Gasteiger partial charge in [0.25, 0.3) is 0 Å². The lowest BCUT2D eigenvalue weighted by atomic mass is 10.3. The number of hydrogen-bond acceptors (Lipinski definition) is 11. The van der Waals surface area contributed by atoms with Gasteiger partial charge in [0.2, 0.25) is 6.79 Å². The summed E-state index contributed by atoms with van der Waals surface area (Å²) in [7, 11) is -4.08. The molecule has 1 unspecified atom stereocenters. The minimum atomic E-state index is -4.08. The molecule has 12 nitrogen and oxygen atoms in total. The van der Waals surface area contributed by atoms with Crippen LogP contribution in [0.25, 0.3) is 0 Å². The molecule has 2 rings (SSSR count). The summed E-state index contributed by atoms with van der Waals surface area (Å²) < 4.78 is 44.2. The van der Waals surface area contributed by atoms with Crippen LogP contribution in [0.15, 0.2) is 37.3 Å². The zero-order chi connectivity index (χ0) is 23.7. The summed E-state index contributed by atoms with van der Waals surface area (Å²) in [6.45, 7) is 2.48. The highest BCUT2D eigenvalue weighted by Gasteiger charge is 2.23. The number of carbonyl (C=O) groups is 1. The van der Waals surface area contributed by atoms with Crippen LogP contribution < -0.4 is 5.48 Å². The SMILES string of the molecule is CC(C)OC(=O)OCOP(=O)(O)CCSc1nonc1C(=Nc1ccc(F)c(Br)c1)NO. The van der Waals surface area contributed by atoms with E-state index in [1.54, 1.807) is 13.8 Å². The van der Waals surface area contributed by atoms with Crippen molar-refractivity contribution in [3.63, 3.8) is 0 Å². The Morgan fingerprint density at radius 2 is 2.19 bits per heavy atom. The molecule has 0 aliphatic carbocycles. The Morgan fingerprint density at radius 1 is 1.44 bits per heavy atom. The summed E-state index contributed by atoms with van der Waals surface area (Å²) in [5.41, 5.74) is 2.17. The van der Waals surface area contributed by atoms with E-state index in [9.17, 15) is 23.9 Å². The molecule has 0 saturated carbocycles. The number of hydroxylamine groups is 1. The fourth-order valence-electron chi connectivity index (χ4n) is 1.94. The average molecular weight is 557 g/mol. The van der Waals surface area contributed by atoms with Gasteiger partial charge < -0.3 is 14.4 Å². The summed E-state index contributed by atoms with van der Waals surface area (Å²) in [6.07, 6.45) is -1.75. The molecule has 16 heteroatoms. The third kappa shape index (κ3) is 8.48. The van der Waals surface area contributed by atoms with E-state index in [-0.39, 0.29) is 38.6 Å². The lowest BCUT2D eigenvalue weighted by Gasteiger charge is -2.12. The number of nitrogens with zero attached hydrogens (tertiary/aromatic N) is 3. The van der Waals surface area contributed by atoms with E-state index in [0.717, 1.165) is 11.8 Å². The van der Waals surface area contributed by atoms with Crippen LogP contribution >= 0.6 is 35.3 Å². The number of thioether (sulfide) groups is 1. The number of amidine groups is 1. The minimum Gasteiger partial charge on any atom is -0.432 e. The van der Waals surface area contributed by atoms with Crippen molar-refractivity contribution in [3.05, 3.63) is 34.2 Å². The normalized spacial score (nSPS) is 13.7. The Balaban J connectivity index is 1.94. The van der Waals surface area contributed by atoms with E-state index >= 15 is 0 Å². The molecule has 0 radical (unpaired) electrons. The van der Waals surface area contributed by atoms with Crippen molar-refractivity contribution < 1.29 is 42.5 Å². The van der Waals surface area contributed by atoms with Gasteiger partial charge in [0.05, 0.1) is 22.4 Å². The molecule has 176 valence electrons. The fourth-order valence-corrected chi connectivity index (χ4v) is 4.49. The maximum absolute atomic E-state index is 13.4. The third-order valence-electron chi connectivity index (χ3n) is 3.31. The molecule has 1 aromatic carbocycles. The van der Waals surface area contributed by atoms with Gasteiger partial charge in [-0.3, -0.25) is 19.8 Å². The second-order valence-electron chi connectivity index (χ2n) is 6.11. The molecule has 2 aromatic rings. The standard InChI is InChI=1S/C16H19BrFN4O8PS/c1-9(2)29-16(23)27-8-28-31(25,26)5-6-32-15-13(21-30-22-15)14(20-24)19-10-3-4-12(18)11(17)7-10/h3-4,7,9,24H,5-6,8H2,1-2H3,(H,19,20)(H,25,26). The molecule has 1 heterocycles. The second-order valence-corrected chi connectivity index (χ2v) is 10.0. The number of ether oxygens (including phenoxy) is 2. The Hall–Kier alpha value is -2.03. The van der Waals surface area contributed by atoms with Crippen molar-refractivity contribution in [3.8, 4) is 0 Å². The Kier molecular flexibility index (Phi) is 10.1. The topological polar surface area (TPSA) is 166 Å². The van der Waals surface area contributed by atoms with E-state index in [0.29, 0.717) is 0 Å². The molecule has 32 heavy (non-hydrogen) atoms. The van der Waals surface area contributed by atoms with E-state index in [2.05, 4.69) is 40.6 Å². The number of rotatable bonds is 10. The van der Waals surface area contributed by atoms with Crippen LogP contribution in [0.1, 0.15) is 19.5 Å². The maximum Gasteiger partial charge on any atom is 0.510 e. The average Bonchev–Trinajstić information content (AvgIpc) is 3.16. The van der Waals surface area contributed by atoms with Crippen molar-refractivity contribution in [1.29, 1.82) is 0 Å². The van der Waals surface area contributed by atoms with Gasteiger partial charge in [-0.2, -0.15) is 0 Å². The quantitative estimate of drug-likeness (QED) is 0.0736. The first kappa shape index (κ1) is 26.2. The van der Waals surface area contributed by atoms with Crippen molar-refractivity contribution >= 4 is 53.0 Å². The van der Waals surface area contributed by atoms with Crippen molar-refractivity contribution in [2.45, 2.75) is 25.0 Å². The predicted octanol–water partition coefficient (Wildman–Crippen LogP) is 3.84. The Bertz CT molecular complexity index is 1010. The smallest absolute Gasteiger partial charge is 0.432 e. The highest BCUT2D eigenvalue weighted by molar-refractivity contribution is 9.10. The van der Waals surface area contributed by atoms with Crippen LogP contribution in [-0.2, 0) is 18.6 Å². The van der Waals surface area contributed by atoms with Gasteiger partial charge in [-0.05, 0) is 58.3 Å². The fraction of sp³-hybridized carbons (Fsp3) is 0.375. The van der Waals surface area contributed by atoms with Crippen LogP contribution in [0, 0.1) is 5.82 Å². The molecule has 1 atom stereocenters. The predicted molar refractivity (Wildman–Crippen MR) is 114 cm³/mol. The van der Waals surface area contributed by atoms with Crippen LogP contribution in [0.5, 0.6) is 0 Å². The van der Waals surface area contributed by atoms with E-state index in [4.69, 9.17) is 9.26 Å². The maximum atomic E-state index is 13.4. The van der Waals surface area contributed by atoms with Crippen LogP contribution in [0.3, 0.4) is 0 Å². The number of aliphatic imine (C=N–C) groups is 1. The largest absolute Gasteiger partial charge is 0.510 e. The first-order chi connectivity index (χ1) is 15.1. The third-order valence-corrected chi connectivity index (χ3v) is 6.47. The molecule has 0 spiro atoms. The summed E-state index contributed by atoms with van der Waals surface area (Å²) >= 11 is 4.01. The molecule has 0 fully saturated rings. The number of nitrogens with one attached hydrogen (secondary N) is 1. The van der Waals surface area contributed by atoms with E-state index in [1.807, 2.05) is 5.48 Å². The monoisotopic (exact) mass is 556 g/mol. The molecule has 0 bridgehead atoms.